The van der Waals surface area contributed by atoms with Gasteiger partial charge < -0.3 is 9.47 Å². The van der Waals surface area contributed by atoms with Crippen LogP contribution in [0.15, 0.2) is 90.0 Å². The molecule has 0 saturated heterocycles. The third-order valence-electron chi connectivity index (χ3n) is 7.19. The summed E-state index contributed by atoms with van der Waals surface area (Å²) in [6.07, 6.45) is 5.66. The number of carbonyl (C=O) groups is 1. The van der Waals surface area contributed by atoms with Crippen LogP contribution in [-0.2, 0) is 11.3 Å². The van der Waals surface area contributed by atoms with Gasteiger partial charge in [-0.25, -0.2) is 5.01 Å². The number of ether oxygens (including phenoxy) is 2. The van der Waals surface area contributed by atoms with Gasteiger partial charge in [-0.05, 0) is 66.1 Å². The lowest BCUT2D eigenvalue weighted by atomic mass is 9.76. The number of anilines is 1. The van der Waals surface area contributed by atoms with Crippen LogP contribution in [0.1, 0.15) is 24.0 Å². The van der Waals surface area contributed by atoms with Crippen LogP contribution in [0.3, 0.4) is 0 Å². The molecule has 1 aliphatic carbocycles. The number of hydrogen-bond donors (Lipinski definition) is 0. The molecular weight excluding hydrogens is 492 g/mol. The number of amides is 1. The summed E-state index contributed by atoms with van der Waals surface area (Å²) in [4.78, 5) is 15.2. The lowest BCUT2D eigenvalue weighted by Gasteiger charge is -2.37. The van der Waals surface area contributed by atoms with E-state index in [1.54, 1.807) is 19.0 Å². The smallest absolute Gasteiger partial charge is 0.251 e. The molecule has 2 atom stereocenters. The Balaban J connectivity index is 1.30. The summed E-state index contributed by atoms with van der Waals surface area (Å²) in [5.74, 6) is 1.61. The highest BCUT2D eigenvalue weighted by atomic mass is 16.5. The van der Waals surface area contributed by atoms with Crippen LogP contribution in [0.4, 0.5) is 5.69 Å². The number of hydrogen-bond acceptors (Lipinski definition) is 7. The average molecular weight is 521 g/mol. The fourth-order valence-electron chi connectivity index (χ4n) is 5.15. The van der Waals surface area contributed by atoms with Crippen molar-refractivity contribution in [3.8, 4) is 22.9 Å². The number of tetrazole rings is 1. The van der Waals surface area contributed by atoms with Crippen LogP contribution in [0.5, 0.6) is 11.5 Å². The molecule has 0 spiro atoms. The summed E-state index contributed by atoms with van der Waals surface area (Å²) in [5, 5.41) is 19.4. The summed E-state index contributed by atoms with van der Waals surface area (Å²) < 4.78 is 10.9. The second kappa shape index (κ2) is 10.5. The molecule has 1 aromatic heterocycles. The molecule has 0 radical (unpaired) electrons. The Morgan fingerprint density at radius 1 is 0.846 bits per heavy atom. The minimum absolute atomic E-state index is 0.0000206. The molecule has 4 aromatic rings. The number of fused-ring (bicyclic) bond motifs is 1. The molecule has 39 heavy (non-hydrogen) atoms. The van der Waals surface area contributed by atoms with Crippen LogP contribution in [0.2, 0.25) is 0 Å². The maximum Gasteiger partial charge on any atom is 0.251 e. The Morgan fingerprint density at radius 3 is 2.31 bits per heavy atom. The maximum absolute atomic E-state index is 13.6. The van der Waals surface area contributed by atoms with Gasteiger partial charge in [0, 0.05) is 17.0 Å². The highest BCUT2D eigenvalue weighted by Crippen LogP contribution is 2.38. The van der Waals surface area contributed by atoms with Gasteiger partial charge in [0.2, 0.25) is 5.82 Å². The Labute approximate surface area is 226 Å². The van der Waals surface area contributed by atoms with Crippen molar-refractivity contribution in [2.45, 2.75) is 19.4 Å². The predicted octanol–water partition coefficient (Wildman–Crippen LogP) is 4.74. The molecule has 0 fully saturated rings. The molecule has 1 aliphatic heterocycles. The van der Waals surface area contributed by atoms with Gasteiger partial charge >= 0.3 is 0 Å². The minimum Gasteiger partial charge on any atom is -0.493 e. The number of hydrazone groups is 1. The highest BCUT2D eigenvalue weighted by Gasteiger charge is 2.40. The van der Waals surface area contributed by atoms with Crippen molar-refractivity contribution in [1.29, 1.82) is 0 Å². The van der Waals surface area contributed by atoms with E-state index in [-0.39, 0.29) is 17.7 Å². The number of allylic oxidation sites excluding steroid dienone is 2. The van der Waals surface area contributed by atoms with Crippen molar-refractivity contribution in [2.75, 3.05) is 19.2 Å². The molecule has 196 valence electrons. The van der Waals surface area contributed by atoms with Crippen LogP contribution in [0, 0.1) is 11.8 Å². The number of aromatic nitrogens is 4. The monoisotopic (exact) mass is 520 g/mol. The van der Waals surface area contributed by atoms with E-state index in [2.05, 4.69) is 27.6 Å². The van der Waals surface area contributed by atoms with Crippen LogP contribution in [0.25, 0.3) is 11.4 Å². The zero-order valence-electron chi connectivity index (χ0n) is 21.8. The van der Waals surface area contributed by atoms with E-state index in [4.69, 9.17) is 14.6 Å². The van der Waals surface area contributed by atoms with Gasteiger partial charge in [-0.15, -0.1) is 10.2 Å². The fraction of sp³-hybridized carbons (Fsp3) is 0.233. The lowest BCUT2D eigenvalue weighted by Crippen LogP contribution is -2.45. The molecule has 6 rings (SSSR count). The predicted molar refractivity (Wildman–Crippen MR) is 148 cm³/mol. The van der Waals surface area contributed by atoms with Gasteiger partial charge in [-0.3, -0.25) is 4.79 Å². The second-order valence-electron chi connectivity index (χ2n) is 9.54. The first kappa shape index (κ1) is 24.5. The zero-order chi connectivity index (χ0) is 26.8. The number of carbonyl (C=O) groups excluding carboxylic acids is 1. The Kier molecular flexibility index (Phi) is 6.62. The van der Waals surface area contributed by atoms with Crippen LogP contribution in [-0.4, -0.2) is 46.0 Å². The maximum atomic E-state index is 13.6. The highest BCUT2D eigenvalue weighted by molar-refractivity contribution is 6.11. The van der Waals surface area contributed by atoms with Crippen molar-refractivity contribution in [3.63, 3.8) is 0 Å². The number of methoxy groups -OCH3 is 2. The SMILES string of the molecule is COc1ccc(C2=NN(c3ccc(-c4nnn(Cc5ccccc5)n4)cc3)C(=O)C3CC=CCC23)cc1OC. The second-order valence-corrected chi connectivity index (χ2v) is 9.54. The quantitative estimate of drug-likeness (QED) is 0.327. The standard InChI is InChI=1S/C30H28N6O3/c1-38-26-17-14-22(18-27(26)39-2)28-24-10-6-7-11-25(24)30(37)36(32-28)23-15-12-21(13-16-23)29-31-34-35(33-29)19-20-8-4-3-5-9-20/h3-9,12-18,24-25H,10-11,19H2,1-2H3. The Bertz CT molecular complexity index is 1540. The van der Waals surface area contributed by atoms with Gasteiger partial charge in [0.05, 0.1) is 38.1 Å². The molecule has 9 heteroatoms. The summed E-state index contributed by atoms with van der Waals surface area (Å²) in [5.41, 5.74) is 4.36. The van der Waals surface area contributed by atoms with E-state index in [0.29, 0.717) is 36.0 Å². The Morgan fingerprint density at radius 2 is 1.56 bits per heavy atom. The third kappa shape index (κ3) is 4.79. The van der Waals surface area contributed by atoms with Gasteiger partial charge in [0.15, 0.2) is 11.5 Å². The minimum atomic E-state index is -0.185. The average Bonchev–Trinajstić information content (AvgIpc) is 3.46. The fourth-order valence-corrected chi connectivity index (χ4v) is 5.15. The van der Waals surface area contributed by atoms with Gasteiger partial charge in [0.25, 0.3) is 5.91 Å². The molecule has 0 saturated carbocycles. The number of benzene rings is 3. The summed E-state index contributed by atoms with van der Waals surface area (Å²) >= 11 is 0. The number of nitrogens with zero attached hydrogens (tertiary/aromatic N) is 6. The van der Waals surface area contributed by atoms with E-state index in [1.165, 1.54) is 5.01 Å². The van der Waals surface area contributed by atoms with Crippen molar-refractivity contribution in [1.82, 2.24) is 20.2 Å². The molecule has 0 bridgehead atoms. The molecule has 2 heterocycles. The van der Waals surface area contributed by atoms with Gasteiger partial charge in [0.1, 0.15) is 0 Å². The van der Waals surface area contributed by atoms with E-state index in [1.807, 2.05) is 72.8 Å². The van der Waals surface area contributed by atoms with E-state index in [9.17, 15) is 4.79 Å². The van der Waals surface area contributed by atoms with Gasteiger partial charge in [-0.1, -0.05) is 42.5 Å². The van der Waals surface area contributed by atoms with Crippen LogP contribution >= 0.6 is 0 Å². The summed E-state index contributed by atoms with van der Waals surface area (Å²) in [7, 11) is 3.23. The van der Waals surface area contributed by atoms with E-state index in [0.717, 1.165) is 28.8 Å². The third-order valence-corrected chi connectivity index (χ3v) is 7.19. The van der Waals surface area contributed by atoms with Gasteiger partial charge in [-0.2, -0.15) is 9.90 Å². The first-order valence-corrected chi connectivity index (χ1v) is 12.9. The molecule has 1 amide bonds. The van der Waals surface area contributed by atoms with E-state index < -0.39 is 0 Å². The van der Waals surface area contributed by atoms with E-state index >= 15 is 0 Å². The first-order chi connectivity index (χ1) is 19.1. The molecule has 0 N–H and O–H groups in total. The first-order valence-electron chi connectivity index (χ1n) is 12.9. The molecule has 9 nitrogen and oxygen atoms in total. The normalized spacial score (nSPS) is 18.5. The van der Waals surface area contributed by atoms with Crippen molar-refractivity contribution >= 4 is 17.3 Å². The Hall–Kier alpha value is -4.79. The molecule has 2 aliphatic rings. The molecular formula is C30H28N6O3. The summed E-state index contributed by atoms with van der Waals surface area (Å²) in [6.45, 7) is 0.541. The summed E-state index contributed by atoms with van der Waals surface area (Å²) in [6, 6.07) is 23.3. The number of rotatable bonds is 7. The largest absolute Gasteiger partial charge is 0.493 e. The van der Waals surface area contributed by atoms with Crippen LogP contribution < -0.4 is 14.5 Å². The molecule has 2 unspecified atom stereocenters. The lowest BCUT2D eigenvalue weighted by molar-refractivity contribution is -0.123. The van der Waals surface area contributed by atoms with Crippen molar-refractivity contribution in [3.05, 3.63) is 96.1 Å². The molecule has 3 aromatic carbocycles. The van der Waals surface area contributed by atoms with Crippen molar-refractivity contribution in [2.24, 2.45) is 16.9 Å². The topological polar surface area (TPSA) is 94.7 Å². The van der Waals surface area contributed by atoms with Crippen molar-refractivity contribution < 1.29 is 14.3 Å². The zero-order valence-corrected chi connectivity index (χ0v) is 21.8.